The molecule has 5 nitrogen and oxygen atoms in total. The van der Waals surface area contributed by atoms with Gasteiger partial charge in [0, 0.05) is 29.6 Å². The third-order valence-corrected chi connectivity index (χ3v) is 5.36. The van der Waals surface area contributed by atoms with Gasteiger partial charge >= 0.3 is 0 Å². The number of nitrogens with one attached hydrogen (secondary N) is 1. The molecule has 1 fully saturated rings. The first-order valence-corrected chi connectivity index (χ1v) is 9.88. The van der Waals surface area contributed by atoms with Gasteiger partial charge in [0.1, 0.15) is 5.82 Å². The Hall–Kier alpha value is -2.99. The lowest BCUT2D eigenvalue weighted by Crippen LogP contribution is -2.38. The summed E-state index contributed by atoms with van der Waals surface area (Å²) in [6, 6.07) is 17.5. The summed E-state index contributed by atoms with van der Waals surface area (Å²) >= 11 is 5.92. The van der Waals surface area contributed by atoms with Gasteiger partial charge in [-0.1, -0.05) is 35.9 Å². The van der Waals surface area contributed by atoms with Crippen molar-refractivity contribution in [1.29, 1.82) is 0 Å². The summed E-state index contributed by atoms with van der Waals surface area (Å²) in [5, 5.41) is 12.0. The maximum Gasteiger partial charge on any atom is 0.227 e. The number of piperidine rings is 1. The largest absolute Gasteiger partial charge is 0.355 e. The van der Waals surface area contributed by atoms with Crippen molar-refractivity contribution < 1.29 is 9.18 Å². The summed E-state index contributed by atoms with van der Waals surface area (Å²) in [7, 11) is 0. The van der Waals surface area contributed by atoms with Crippen molar-refractivity contribution in [3.63, 3.8) is 0 Å². The summed E-state index contributed by atoms with van der Waals surface area (Å²) < 4.78 is 13.7. The zero-order chi connectivity index (χ0) is 20.2. The Bertz CT molecular complexity index is 986. The molecule has 4 rings (SSSR count). The molecule has 2 heterocycles. The molecule has 0 saturated carbocycles. The van der Waals surface area contributed by atoms with Crippen LogP contribution in [-0.4, -0.2) is 29.2 Å². The molecule has 148 valence electrons. The minimum atomic E-state index is -0.422. The molecular weight excluding hydrogens is 391 g/mol. The van der Waals surface area contributed by atoms with Gasteiger partial charge in [0.05, 0.1) is 11.4 Å². The van der Waals surface area contributed by atoms with Crippen molar-refractivity contribution in [3.8, 4) is 11.3 Å². The van der Waals surface area contributed by atoms with Crippen molar-refractivity contribution in [2.24, 2.45) is 5.92 Å². The van der Waals surface area contributed by atoms with Gasteiger partial charge in [-0.2, -0.15) is 0 Å². The average molecular weight is 411 g/mol. The van der Waals surface area contributed by atoms with E-state index in [1.165, 1.54) is 6.07 Å². The number of hydrogen-bond donors (Lipinski definition) is 1. The van der Waals surface area contributed by atoms with Gasteiger partial charge in [-0.05, 0) is 49.2 Å². The third kappa shape index (κ3) is 4.54. The van der Waals surface area contributed by atoms with E-state index in [9.17, 15) is 9.18 Å². The van der Waals surface area contributed by atoms with Crippen LogP contribution in [0.15, 0.2) is 60.7 Å². The average Bonchev–Trinajstić information content (AvgIpc) is 2.76. The molecule has 1 aliphatic rings. The molecule has 29 heavy (non-hydrogen) atoms. The highest BCUT2D eigenvalue weighted by Crippen LogP contribution is 2.25. The first-order valence-electron chi connectivity index (χ1n) is 9.50. The number of hydrogen-bond acceptors (Lipinski definition) is 4. The highest BCUT2D eigenvalue weighted by Gasteiger charge is 2.26. The van der Waals surface area contributed by atoms with E-state index in [0.29, 0.717) is 31.0 Å². The normalized spacial score (nSPS) is 14.6. The Labute approximate surface area is 173 Å². The van der Waals surface area contributed by atoms with Crippen LogP contribution in [-0.2, 0) is 4.79 Å². The summed E-state index contributed by atoms with van der Waals surface area (Å²) in [5.74, 6) is 0.0797. The number of halogens is 2. The van der Waals surface area contributed by atoms with E-state index >= 15 is 0 Å². The number of nitrogens with zero attached hydrogens (tertiary/aromatic N) is 3. The summed E-state index contributed by atoms with van der Waals surface area (Å²) in [4.78, 5) is 14.6. The third-order valence-electron chi connectivity index (χ3n) is 5.11. The van der Waals surface area contributed by atoms with E-state index in [0.717, 1.165) is 17.1 Å². The first-order chi connectivity index (χ1) is 14.1. The van der Waals surface area contributed by atoms with Gasteiger partial charge in [-0.3, -0.25) is 4.79 Å². The predicted molar refractivity (Wildman–Crippen MR) is 112 cm³/mol. The topological polar surface area (TPSA) is 58.1 Å². The molecule has 0 bridgehead atoms. The van der Waals surface area contributed by atoms with Crippen LogP contribution in [0.3, 0.4) is 0 Å². The fourth-order valence-corrected chi connectivity index (χ4v) is 3.56. The molecule has 0 spiro atoms. The van der Waals surface area contributed by atoms with Crippen LogP contribution < -0.4 is 10.2 Å². The van der Waals surface area contributed by atoms with Crippen LogP contribution in [0, 0.1) is 11.7 Å². The number of carbonyl (C=O) groups is 1. The zero-order valence-electron chi connectivity index (χ0n) is 15.7. The second-order valence-corrected chi connectivity index (χ2v) is 7.45. The van der Waals surface area contributed by atoms with Gasteiger partial charge < -0.3 is 10.2 Å². The SMILES string of the molecule is O=C(Nc1ccccc1F)C1CCN(c2ccc(-c3ccc(Cl)cc3)nn2)CC1. The molecule has 1 saturated heterocycles. The maximum atomic E-state index is 13.7. The Morgan fingerprint density at radius 1 is 1.00 bits per heavy atom. The molecule has 3 aromatic rings. The molecule has 1 aromatic heterocycles. The van der Waals surface area contributed by atoms with Gasteiger partial charge in [-0.25, -0.2) is 4.39 Å². The second-order valence-electron chi connectivity index (χ2n) is 7.01. The number of aromatic nitrogens is 2. The molecule has 0 radical (unpaired) electrons. The van der Waals surface area contributed by atoms with E-state index in [-0.39, 0.29) is 17.5 Å². The lowest BCUT2D eigenvalue weighted by Gasteiger charge is -2.31. The van der Waals surface area contributed by atoms with Gasteiger partial charge in [0.25, 0.3) is 0 Å². The van der Waals surface area contributed by atoms with E-state index in [2.05, 4.69) is 20.4 Å². The smallest absolute Gasteiger partial charge is 0.227 e. The van der Waals surface area contributed by atoms with Gasteiger partial charge in [-0.15, -0.1) is 10.2 Å². The number of rotatable bonds is 4. The summed E-state index contributed by atoms with van der Waals surface area (Å²) in [5.41, 5.74) is 1.96. The molecule has 0 atom stereocenters. The summed E-state index contributed by atoms with van der Waals surface area (Å²) in [6.07, 6.45) is 1.36. The predicted octanol–water partition coefficient (Wildman–Crippen LogP) is 4.79. The standard InChI is InChI=1S/C22H20ClFN4O/c23-17-7-5-15(6-8-17)19-9-10-21(27-26-19)28-13-11-16(12-14-28)22(29)25-20-4-2-1-3-18(20)24/h1-10,16H,11-14H2,(H,25,29). The van der Waals surface area contributed by atoms with Crippen LogP contribution in [0.4, 0.5) is 15.9 Å². The number of carbonyl (C=O) groups excluding carboxylic acids is 1. The van der Waals surface area contributed by atoms with E-state index in [1.54, 1.807) is 18.2 Å². The Morgan fingerprint density at radius 2 is 1.72 bits per heavy atom. The highest BCUT2D eigenvalue weighted by atomic mass is 35.5. The van der Waals surface area contributed by atoms with Crippen LogP contribution in [0.1, 0.15) is 12.8 Å². The zero-order valence-corrected chi connectivity index (χ0v) is 16.4. The molecule has 0 aliphatic carbocycles. The van der Waals surface area contributed by atoms with Crippen molar-refractivity contribution >= 4 is 29.0 Å². The Kier molecular flexibility index (Phi) is 5.71. The van der Waals surface area contributed by atoms with Crippen LogP contribution >= 0.6 is 11.6 Å². The van der Waals surface area contributed by atoms with Crippen molar-refractivity contribution in [3.05, 3.63) is 71.5 Å². The van der Waals surface area contributed by atoms with E-state index in [4.69, 9.17) is 11.6 Å². The molecule has 0 unspecified atom stereocenters. The highest BCUT2D eigenvalue weighted by molar-refractivity contribution is 6.30. The Morgan fingerprint density at radius 3 is 2.38 bits per heavy atom. The van der Waals surface area contributed by atoms with Crippen LogP contribution in [0.5, 0.6) is 0 Å². The van der Waals surface area contributed by atoms with Gasteiger partial charge in [0.15, 0.2) is 5.82 Å². The minimum Gasteiger partial charge on any atom is -0.355 e. The molecule has 1 N–H and O–H groups in total. The van der Waals surface area contributed by atoms with Crippen molar-refractivity contribution in [1.82, 2.24) is 10.2 Å². The minimum absolute atomic E-state index is 0.140. The number of amides is 1. The first kappa shape index (κ1) is 19.3. The van der Waals surface area contributed by atoms with Crippen LogP contribution in [0.25, 0.3) is 11.3 Å². The van der Waals surface area contributed by atoms with E-state index in [1.807, 2.05) is 36.4 Å². The van der Waals surface area contributed by atoms with Crippen molar-refractivity contribution in [2.75, 3.05) is 23.3 Å². The lowest BCUT2D eigenvalue weighted by atomic mass is 9.95. The molecular formula is C22H20ClFN4O. The monoisotopic (exact) mass is 410 g/mol. The fraction of sp³-hybridized carbons (Fsp3) is 0.227. The lowest BCUT2D eigenvalue weighted by molar-refractivity contribution is -0.120. The van der Waals surface area contributed by atoms with Crippen molar-refractivity contribution in [2.45, 2.75) is 12.8 Å². The molecule has 2 aromatic carbocycles. The quantitative estimate of drug-likeness (QED) is 0.671. The Balaban J connectivity index is 1.35. The van der Waals surface area contributed by atoms with E-state index < -0.39 is 5.82 Å². The number of para-hydroxylation sites is 1. The van der Waals surface area contributed by atoms with Crippen LogP contribution in [0.2, 0.25) is 5.02 Å². The molecule has 1 amide bonds. The fourth-order valence-electron chi connectivity index (χ4n) is 3.44. The summed E-state index contributed by atoms with van der Waals surface area (Å²) in [6.45, 7) is 1.40. The second kappa shape index (κ2) is 8.57. The number of benzene rings is 2. The molecule has 7 heteroatoms. The molecule has 1 aliphatic heterocycles. The maximum absolute atomic E-state index is 13.7. The van der Waals surface area contributed by atoms with Gasteiger partial charge in [0.2, 0.25) is 5.91 Å². The number of anilines is 2.